The Kier molecular flexibility index (Phi) is 3.90. The fourth-order valence-corrected chi connectivity index (χ4v) is 3.06. The van der Waals surface area contributed by atoms with E-state index in [1.165, 1.54) is 5.69 Å². The standard InChI is InChI=1S/C12H20BrN3O/c1-3-9-11(13)10(16(2)15-9)8-12(14)4-6-17-7-5-12/h3-8,14H2,1-2H3. The third-order valence-electron chi connectivity index (χ3n) is 3.51. The molecular weight excluding hydrogens is 282 g/mol. The van der Waals surface area contributed by atoms with Crippen molar-refractivity contribution in [1.82, 2.24) is 9.78 Å². The Balaban J connectivity index is 2.20. The zero-order chi connectivity index (χ0) is 12.5. The lowest BCUT2D eigenvalue weighted by Crippen LogP contribution is -2.47. The minimum atomic E-state index is -0.139. The van der Waals surface area contributed by atoms with E-state index in [0.717, 1.165) is 49.1 Å². The molecule has 0 aromatic carbocycles. The molecule has 0 amide bonds. The highest BCUT2D eigenvalue weighted by atomic mass is 79.9. The topological polar surface area (TPSA) is 53.1 Å². The van der Waals surface area contributed by atoms with Crippen LogP contribution < -0.4 is 5.73 Å². The van der Waals surface area contributed by atoms with Gasteiger partial charge in [-0.2, -0.15) is 5.10 Å². The minimum Gasteiger partial charge on any atom is -0.381 e. The number of hydrogen-bond donors (Lipinski definition) is 1. The van der Waals surface area contributed by atoms with Gasteiger partial charge in [0.25, 0.3) is 0 Å². The Hall–Kier alpha value is -0.390. The molecule has 1 aromatic heterocycles. The number of aryl methyl sites for hydroxylation is 2. The van der Waals surface area contributed by atoms with E-state index >= 15 is 0 Å². The van der Waals surface area contributed by atoms with Crippen LogP contribution in [0.3, 0.4) is 0 Å². The molecule has 5 heteroatoms. The average molecular weight is 302 g/mol. The molecule has 1 aliphatic heterocycles. The van der Waals surface area contributed by atoms with Crippen molar-refractivity contribution < 1.29 is 4.74 Å². The van der Waals surface area contributed by atoms with Crippen LogP contribution in [-0.2, 0) is 24.6 Å². The van der Waals surface area contributed by atoms with E-state index in [2.05, 4.69) is 28.0 Å². The minimum absolute atomic E-state index is 0.139. The Morgan fingerprint density at radius 3 is 2.65 bits per heavy atom. The molecular formula is C12H20BrN3O. The quantitative estimate of drug-likeness (QED) is 0.926. The van der Waals surface area contributed by atoms with Gasteiger partial charge in [-0.25, -0.2) is 0 Å². The summed E-state index contributed by atoms with van der Waals surface area (Å²) in [5.41, 5.74) is 8.61. The maximum Gasteiger partial charge on any atom is 0.0766 e. The Morgan fingerprint density at radius 1 is 1.47 bits per heavy atom. The van der Waals surface area contributed by atoms with Gasteiger partial charge in [-0.1, -0.05) is 6.92 Å². The van der Waals surface area contributed by atoms with Crippen LogP contribution in [0.2, 0.25) is 0 Å². The van der Waals surface area contributed by atoms with Crippen molar-refractivity contribution in [2.75, 3.05) is 13.2 Å². The highest BCUT2D eigenvalue weighted by Crippen LogP contribution is 2.28. The van der Waals surface area contributed by atoms with Crippen LogP contribution in [0.4, 0.5) is 0 Å². The summed E-state index contributed by atoms with van der Waals surface area (Å²) in [6.07, 6.45) is 3.65. The fourth-order valence-electron chi connectivity index (χ4n) is 2.30. The summed E-state index contributed by atoms with van der Waals surface area (Å²) in [5.74, 6) is 0. The van der Waals surface area contributed by atoms with Gasteiger partial charge >= 0.3 is 0 Å². The highest BCUT2D eigenvalue weighted by Gasteiger charge is 2.30. The summed E-state index contributed by atoms with van der Waals surface area (Å²) in [7, 11) is 1.99. The molecule has 4 nitrogen and oxygen atoms in total. The zero-order valence-electron chi connectivity index (χ0n) is 10.5. The van der Waals surface area contributed by atoms with E-state index in [-0.39, 0.29) is 5.54 Å². The first-order valence-electron chi connectivity index (χ1n) is 6.12. The molecule has 1 fully saturated rings. The molecule has 0 aliphatic carbocycles. The number of aromatic nitrogens is 2. The summed E-state index contributed by atoms with van der Waals surface area (Å²) >= 11 is 3.64. The molecule has 0 saturated carbocycles. The van der Waals surface area contributed by atoms with Crippen molar-refractivity contribution in [3.63, 3.8) is 0 Å². The highest BCUT2D eigenvalue weighted by molar-refractivity contribution is 9.10. The Bertz CT molecular complexity index is 397. The first-order chi connectivity index (χ1) is 8.06. The van der Waals surface area contributed by atoms with E-state index in [0.29, 0.717) is 0 Å². The smallest absolute Gasteiger partial charge is 0.0766 e. The van der Waals surface area contributed by atoms with Gasteiger partial charge in [-0.15, -0.1) is 0 Å². The van der Waals surface area contributed by atoms with Crippen LogP contribution in [0.1, 0.15) is 31.2 Å². The second kappa shape index (κ2) is 5.08. The van der Waals surface area contributed by atoms with Gasteiger partial charge in [-0.05, 0) is 35.2 Å². The van der Waals surface area contributed by atoms with Gasteiger partial charge in [0, 0.05) is 32.2 Å². The summed E-state index contributed by atoms with van der Waals surface area (Å²) in [5, 5.41) is 4.51. The molecule has 0 bridgehead atoms. The molecule has 0 radical (unpaired) electrons. The summed E-state index contributed by atoms with van der Waals surface area (Å²) in [6.45, 7) is 3.66. The molecule has 96 valence electrons. The van der Waals surface area contributed by atoms with E-state index in [4.69, 9.17) is 10.5 Å². The van der Waals surface area contributed by atoms with E-state index in [1.54, 1.807) is 0 Å². The molecule has 1 aromatic rings. The van der Waals surface area contributed by atoms with Gasteiger partial charge in [0.15, 0.2) is 0 Å². The SMILES string of the molecule is CCc1nn(C)c(CC2(N)CCOCC2)c1Br. The van der Waals surface area contributed by atoms with Gasteiger partial charge in [0.1, 0.15) is 0 Å². The maximum absolute atomic E-state index is 6.44. The first-order valence-corrected chi connectivity index (χ1v) is 6.92. The number of hydrogen-bond acceptors (Lipinski definition) is 3. The molecule has 0 spiro atoms. The number of rotatable bonds is 3. The third-order valence-corrected chi connectivity index (χ3v) is 4.43. The van der Waals surface area contributed by atoms with Gasteiger partial charge in [0.2, 0.25) is 0 Å². The molecule has 2 heterocycles. The molecule has 1 saturated heterocycles. The number of ether oxygens (including phenoxy) is 1. The van der Waals surface area contributed by atoms with E-state index in [1.807, 2.05) is 11.7 Å². The van der Waals surface area contributed by atoms with Gasteiger partial charge in [0.05, 0.1) is 15.9 Å². The molecule has 0 atom stereocenters. The van der Waals surface area contributed by atoms with Gasteiger partial charge < -0.3 is 10.5 Å². The van der Waals surface area contributed by atoms with Crippen LogP contribution >= 0.6 is 15.9 Å². The van der Waals surface area contributed by atoms with Gasteiger partial charge in [-0.3, -0.25) is 4.68 Å². The lowest BCUT2D eigenvalue weighted by atomic mass is 9.86. The van der Waals surface area contributed by atoms with Crippen LogP contribution in [0.15, 0.2) is 4.47 Å². The molecule has 0 unspecified atom stereocenters. The van der Waals surface area contributed by atoms with Crippen LogP contribution in [0, 0.1) is 0 Å². The Morgan fingerprint density at radius 2 is 2.12 bits per heavy atom. The van der Waals surface area contributed by atoms with E-state index in [9.17, 15) is 0 Å². The van der Waals surface area contributed by atoms with Crippen molar-refractivity contribution in [2.45, 2.75) is 38.1 Å². The number of nitrogens with zero attached hydrogens (tertiary/aromatic N) is 2. The van der Waals surface area contributed by atoms with Crippen LogP contribution in [0.5, 0.6) is 0 Å². The fraction of sp³-hybridized carbons (Fsp3) is 0.750. The maximum atomic E-state index is 6.44. The lowest BCUT2D eigenvalue weighted by molar-refractivity contribution is 0.0527. The van der Waals surface area contributed by atoms with Crippen LogP contribution in [-0.4, -0.2) is 28.5 Å². The number of nitrogens with two attached hydrogens (primary N) is 1. The molecule has 17 heavy (non-hydrogen) atoms. The second-order valence-electron chi connectivity index (χ2n) is 4.84. The van der Waals surface area contributed by atoms with Crippen LogP contribution in [0.25, 0.3) is 0 Å². The molecule has 2 N–H and O–H groups in total. The predicted octanol–water partition coefficient (Wildman–Crippen LogP) is 1.80. The molecule has 2 rings (SSSR count). The normalized spacial score (nSPS) is 19.5. The molecule has 1 aliphatic rings. The van der Waals surface area contributed by atoms with Crippen molar-refractivity contribution in [1.29, 1.82) is 0 Å². The van der Waals surface area contributed by atoms with Crippen molar-refractivity contribution in [2.24, 2.45) is 12.8 Å². The lowest BCUT2D eigenvalue weighted by Gasteiger charge is -2.33. The summed E-state index contributed by atoms with van der Waals surface area (Å²) in [4.78, 5) is 0. The zero-order valence-corrected chi connectivity index (χ0v) is 12.1. The summed E-state index contributed by atoms with van der Waals surface area (Å²) in [6, 6.07) is 0. The Labute approximate surface area is 111 Å². The average Bonchev–Trinajstić information content (AvgIpc) is 2.57. The number of halogens is 1. The second-order valence-corrected chi connectivity index (χ2v) is 5.63. The monoisotopic (exact) mass is 301 g/mol. The third kappa shape index (κ3) is 2.72. The predicted molar refractivity (Wildman–Crippen MR) is 71.0 cm³/mol. The largest absolute Gasteiger partial charge is 0.381 e. The van der Waals surface area contributed by atoms with E-state index < -0.39 is 0 Å². The van der Waals surface area contributed by atoms with Crippen molar-refractivity contribution >= 4 is 15.9 Å². The van der Waals surface area contributed by atoms with Crippen molar-refractivity contribution in [3.8, 4) is 0 Å². The first kappa shape index (κ1) is 13.1. The summed E-state index contributed by atoms with van der Waals surface area (Å²) < 4.78 is 8.45. The van der Waals surface area contributed by atoms with Crippen molar-refractivity contribution in [3.05, 3.63) is 15.9 Å².